The molecule has 1 amide bonds. The third kappa shape index (κ3) is 8.68. The van der Waals surface area contributed by atoms with Crippen LogP contribution in [0.2, 0.25) is 0 Å². The molecule has 2 atom stereocenters. The molecule has 2 aromatic rings. The van der Waals surface area contributed by atoms with E-state index in [4.69, 9.17) is 9.47 Å². The topological polar surface area (TPSA) is 143 Å². The molecule has 0 spiro atoms. The van der Waals surface area contributed by atoms with Crippen molar-refractivity contribution in [1.29, 1.82) is 0 Å². The van der Waals surface area contributed by atoms with Crippen molar-refractivity contribution < 1.29 is 19.4 Å². The number of ether oxygens (including phenoxy) is 2. The summed E-state index contributed by atoms with van der Waals surface area (Å²) in [6.45, 7) is 2.30. The van der Waals surface area contributed by atoms with E-state index in [-0.39, 0.29) is 11.9 Å². The number of nitrogens with one attached hydrogen (secondary N) is 4. The molecule has 11 nitrogen and oxygen atoms in total. The summed E-state index contributed by atoms with van der Waals surface area (Å²) in [5, 5.41) is 21.9. The summed E-state index contributed by atoms with van der Waals surface area (Å²) in [6, 6.07) is 3.24. The van der Waals surface area contributed by atoms with Crippen LogP contribution in [-0.2, 0) is 9.53 Å². The number of aliphatic hydroxyl groups excluding tert-OH is 1. The quantitative estimate of drug-likeness (QED) is 0.219. The van der Waals surface area contributed by atoms with E-state index in [9.17, 15) is 9.90 Å². The molecule has 11 heteroatoms. The highest BCUT2D eigenvalue weighted by Crippen LogP contribution is 2.19. The lowest BCUT2D eigenvalue weighted by atomic mass is 10.2. The van der Waals surface area contributed by atoms with E-state index in [1.54, 1.807) is 38.7 Å². The molecule has 0 aliphatic carbocycles. The molecule has 3 heterocycles. The molecule has 188 valence electrons. The molecule has 2 aromatic heterocycles. The molecule has 1 fully saturated rings. The lowest BCUT2D eigenvalue weighted by Gasteiger charge is -2.11. The molecule has 5 N–H and O–H groups in total. The maximum atomic E-state index is 12.1. The van der Waals surface area contributed by atoms with Crippen molar-refractivity contribution in [2.24, 2.45) is 0 Å². The molecule has 1 saturated heterocycles. The average molecular weight is 484 g/mol. The molecule has 1 aliphatic heterocycles. The maximum absolute atomic E-state index is 12.1. The zero-order chi connectivity index (χ0) is 24.9. The molecule has 0 unspecified atom stereocenters. The number of unbranched alkanes of at least 4 members (excludes halogenated alkanes) is 1. The Morgan fingerprint density at radius 1 is 1.29 bits per heavy atom. The number of pyridine rings is 1. The number of aliphatic hydroxyl groups is 1. The molecule has 0 radical (unpaired) electrons. The van der Waals surface area contributed by atoms with E-state index in [1.165, 1.54) is 0 Å². The fourth-order valence-electron chi connectivity index (χ4n) is 3.41. The fraction of sp³-hybridized carbons (Fsp3) is 0.500. The van der Waals surface area contributed by atoms with Gasteiger partial charge < -0.3 is 35.8 Å². The van der Waals surface area contributed by atoms with E-state index in [0.29, 0.717) is 62.3 Å². The van der Waals surface area contributed by atoms with Gasteiger partial charge in [-0.1, -0.05) is 11.8 Å². The first-order valence-electron chi connectivity index (χ1n) is 11.6. The Labute approximate surface area is 205 Å². The summed E-state index contributed by atoms with van der Waals surface area (Å²) in [7, 11) is 3.23. The van der Waals surface area contributed by atoms with Crippen LogP contribution in [0.4, 0.5) is 17.5 Å². The number of rotatable bonds is 12. The van der Waals surface area contributed by atoms with Crippen LogP contribution >= 0.6 is 0 Å². The Hall–Kier alpha value is -3.46. The van der Waals surface area contributed by atoms with Crippen LogP contribution in [-0.4, -0.2) is 78.6 Å². The second kappa shape index (κ2) is 14.1. The standard InChI is InChI=1S/C24H33N7O4/c1-34-12-6-10-26-22-17(7-4-3-5-9-27-23(33)20-14-19(32)16-28-20)15-29-24(31-22)30-18-8-11-25-21(13-18)35-2/h8,11,13,15,19-20,28,32H,3,5-6,9-10,12,14,16H2,1-2H3,(H,27,33)(H2,25,26,29,30,31)/t19-,20-/m0/s1. The Kier molecular flexibility index (Phi) is 10.5. The van der Waals surface area contributed by atoms with Crippen LogP contribution in [0, 0.1) is 11.8 Å². The molecule has 0 bridgehead atoms. The van der Waals surface area contributed by atoms with Gasteiger partial charge in [0.1, 0.15) is 5.82 Å². The fourth-order valence-corrected chi connectivity index (χ4v) is 3.41. The van der Waals surface area contributed by atoms with Gasteiger partial charge in [0, 0.05) is 57.7 Å². The van der Waals surface area contributed by atoms with Crippen molar-refractivity contribution in [3.8, 4) is 17.7 Å². The number of nitrogens with zero attached hydrogens (tertiary/aromatic N) is 3. The van der Waals surface area contributed by atoms with Crippen LogP contribution < -0.4 is 26.0 Å². The number of aromatic nitrogens is 3. The first kappa shape index (κ1) is 26.2. The van der Waals surface area contributed by atoms with Crippen molar-refractivity contribution >= 4 is 23.4 Å². The number of β-amino-alcohol motifs (C(OH)–C–C–N with tert-alkyl or cyclic N) is 1. The zero-order valence-corrected chi connectivity index (χ0v) is 20.1. The number of hydrogen-bond donors (Lipinski definition) is 5. The molecule has 0 saturated carbocycles. The normalized spacial score (nSPS) is 16.8. The zero-order valence-electron chi connectivity index (χ0n) is 20.1. The third-order valence-corrected chi connectivity index (χ3v) is 5.23. The minimum atomic E-state index is -0.453. The predicted octanol–water partition coefficient (Wildman–Crippen LogP) is 1.04. The van der Waals surface area contributed by atoms with Gasteiger partial charge in [-0.05, 0) is 25.3 Å². The van der Waals surface area contributed by atoms with Crippen LogP contribution in [0.5, 0.6) is 5.88 Å². The van der Waals surface area contributed by atoms with Crippen molar-refractivity contribution in [2.75, 3.05) is 51.1 Å². The number of hydrogen-bond acceptors (Lipinski definition) is 10. The van der Waals surface area contributed by atoms with Crippen molar-refractivity contribution in [1.82, 2.24) is 25.6 Å². The Morgan fingerprint density at radius 3 is 2.94 bits per heavy atom. The molecular weight excluding hydrogens is 450 g/mol. The van der Waals surface area contributed by atoms with Crippen LogP contribution in [0.3, 0.4) is 0 Å². The largest absolute Gasteiger partial charge is 0.481 e. The predicted molar refractivity (Wildman–Crippen MR) is 133 cm³/mol. The van der Waals surface area contributed by atoms with E-state index < -0.39 is 6.10 Å². The summed E-state index contributed by atoms with van der Waals surface area (Å²) < 4.78 is 10.3. The molecular formula is C24H33N7O4. The van der Waals surface area contributed by atoms with Crippen molar-refractivity contribution in [3.63, 3.8) is 0 Å². The highest BCUT2D eigenvalue weighted by Gasteiger charge is 2.27. The highest BCUT2D eigenvalue weighted by atomic mass is 16.5. The number of carbonyl (C=O) groups excluding carboxylic acids is 1. The molecule has 3 rings (SSSR count). The minimum absolute atomic E-state index is 0.0830. The number of carbonyl (C=O) groups is 1. The Morgan fingerprint density at radius 2 is 2.17 bits per heavy atom. The first-order chi connectivity index (χ1) is 17.1. The van der Waals surface area contributed by atoms with Crippen molar-refractivity contribution in [3.05, 3.63) is 30.1 Å². The molecule has 35 heavy (non-hydrogen) atoms. The average Bonchev–Trinajstić information content (AvgIpc) is 3.31. The number of anilines is 3. The van der Waals surface area contributed by atoms with Gasteiger partial charge in [-0.15, -0.1) is 0 Å². The lowest BCUT2D eigenvalue weighted by molar-refractivity contribution is -0.122. The van der Waals surface area contributed by atoms with Gasteiger partial charge in [0.2, 0.25) is 17.7 Å². The van der Waals surface area contributed by atoms with E-state index >= 15 is 0 Å². The monoisotopic (exact) mass is 483 g/mol. The van der Waals surface area contributed by atoms with Crippen LogP contribution in [0.25, 0.3) is 0 Å². The maximum Gasteiger partial charge on any atom is 0.237 e. The molecule has 0 aromatic carbocycles. The Bertz CT molecular complexity index is 1020. The summed E-state index contributed by atoms with van der Waals surface area (Å²) in [5.41, 5.74) is 1.44. The first-order valence-corrected chi connectivity index (χ1v) is 11.6. The van der Waals surface area contributed by atoms with Crippen molar-refractivity contribution in [2.45, 2.75) is 37.8 Å². The molecule has 1 aliphatic rings. The Balaban J connectivity index is 1.56. The second-order valence-electron chi connectivity index (χ2n) is 7.99. The van der Waals surface area contributed by atoms with E-state index in [1.807, 2.05) is 0 Å². The summed E-state index contributed by atoms with van der Waals surface area (Å²) >= 11 is 0. The lowest BCUT2D eigenvalue weighted by Crippen LogP contribution is -2.40. The SMILES string of the molecule is COCCCNc1nc(Nc2ccnc(OC)c2)ncc1C#CCCCNC(=O)[C@@H]1C[C@H](O)CN1. The van der Waals surface area contributed by atoms with Gasteiger partial charge in [-0.2, -0.15) is 4.98 Å². The van der Waals surface area contributed by atoms with Crippen LogP contribution in [0.15, 0.2) is 24.5 Å². The summed E-state index contributed by atoms with van der Waals surface area (Å²) in [6.07, 6.45) is 5.47. The summed E-state index contributed by atoms with van der Waals surface area (Å²) in [4.78, 5) is 25.1. The van der Waals surface area contributed by atoms with Gasteiger partial charge in [0.05, 0.1) is 31.0 Å². The smallest absolute Gasteiger partial charge is 0.237 e. The summed E-state index contributed by atoms with van der Waals surface area (Å²) in [5.74, 6) is 7.72. The number of methoxy groups -OCH3 is 2. The number of amides is 1. The van der Waals surface area contributed by atoms with Gasteiger partial charge >= 0.3 is 0 Å². The van der Waals surface area contributed by atoms with E-state index in [0.717, 1.165) is 18.5 Å². The third-order valence-electron chi connectivity index (χ3n) is 5.23. The minimum Gasteiger partial charge on any atom is -0.481 e. The second-order valence-corrected chi connectivity index (χ2v) is 7.99. The van der Waals surface area contributed by atoms with Gasteiger partial charge in [0.15, 0.2) is 0 Å². The van der Waals surface area contributed by atoms with Crippen LogP contribution in [0.1, 0.15) is 31.2 Å². The van der Waals surface area contributed by atoms with Gasteiger partial charge in [-0.3, -0.25) is 4.79 Å². The van der Waals surface area contributed by atoms with E-state index in [2.05, 4.69) is 48.1 Å². The highest BCUT2D eigenvalue weighted by molar-refractivity contribution is 5.82. The van der Waals surface area contributed by atoms with Gasteiger partial charge in [0.25, 0.3) is 0 Å². The van der Waals surface area contributed by atoms with Gasteiger partial charge in [-0.25, -0.2) is 9.97 Å².